The first kappa shape index (κ1) is 25.1. The quantitative estimate of drug-likeness (QED) is 0.311. The van der Waals surface area contributed by atoms with Crippen molar-refractivity contribution in [1.82, 2.24) is 20.6 Å². The van der Waals surface area contributed by atoms with Gasteiger partial charge >= 0.3 is 0 Å². The normalized spacial score (nSPS) is 15.0. The van der Waals surface area contributed by atoms with E-state index < -0.39 is 6.10 Å². The van der Waals surface area contributed by atoms with Gasteiger partial charge in [0.25, 0.3) is 5.91 Å². The van der Waals surface area contributed by atoms with Crippen molar-refractivity contribution in [3.8, 4) is 16.9 Å². The lowest BCUT2D eigenvalue weighted by Gasteiger charge is -2.34. The van der Waals surface area contributed by atoms with E-state index in [1.54, 1.807) is 49.0 Å². The SMILES string of the molecule is CNC(=O)c1cccc(OCC(O)CNC2CCN(c3ncnc4scc(-c5ccccc5)c34)CC2)c1. The van der Waals surface area contributed by atoms with Gasteiger partial charge in [-0.3, -0.25) is 4.79 Å². The minimum atomic E-state index is -0.651. The molecule has 37 heavy (non-hydrogen) atoms. The molecule has 1 aliphatic heterocycles. The maximum Gasteiger partial charge on any atom is 0.251 e. The number of nitrogens with one attached hydrogen (secondary N) is 2. The number of fused-ring (bicyclic) bond motifs is 1. The number of thiophene rings is 1. The highest BCUT2D eigenvalue weighted by Crippen LogP contribution is 2.38. The Kier molecular flexibility index (Phi) is 7.93. The highest BCUT2D eigenvalue weighted by molar-refractivity contribution is 7.17. The number of hydrogen-bond donors (Lipinski definition) is 3. The van der Waals surface area contributed by atoms with Gasteiger partial charge in [0.05, 0.1) is 5.39 Å². The van der Waals surface area contributed by atoms with Gasteiger partial charge in [-0.05, 0) is 36.6 Å². The fourth-order valence-corrected chi connectivity index (χ4v) is 5.56. The monoisotopic (exact) mass is 517 g/mol. The van der Waals surface area contributed by atoms with Crippen molar-refractivity contribution in [3.63, 3.8) is 0 Å². The summed E-state index contributed by atoms with van der Waals surface area (Å²) >= 11 is 1.66. The van der Waals surface area contributed by atoms with Crippen LogP contribution >= 0.6 is 11.3 Å². The lowest BCUT2D eigenvalue weighted by Crippen LogP contribution is -2.45. The molecule has 1 fully saturated rings. The number of carbonyl (C=O) groups excluding carboxylic acids is 1. The molecule has 2 aromatic carbocycles. The highest BCUT2D eigenvalue weighted by Gasteiger charge is 2.24. The van der Waals surface area contributed by atoms with E-state index in [2.05, 4.69) is 55.1 Å². The first-order valence-electron chi connectivity index (χ1n) is 12.5. The average Bonchev–Trinajstić information content (AvgIpc) is 3.40. The summed E-state index contributed by atoms with van der Waals surface area (Å²) in [5.41, 5.74) is 2.89. The van der Waals surface area contributed by atoms with Crippen LogP contribution in [0.25, 0.3) is 21.3 Å². The molecule has 192 valence electrons. The number of ether oxygens (including phenoxy) is 1. The molecule has 0 aliphatic carbocycles. The van der Waals surface area contributed by atoms with Gasteiger partial charge in [-0.15, -0.1) is 11.3 Å². The molecule has 0 radical (unpaired) electrons. The van der Waals surface area contributed by atoms with Crippen LogP contribution in [0.3, 0.4) is 0 Å². The van der Waals surface area contributed by atoms with Crippen LogP contribution in [-0.2, 0) is 0 Å². The number of nitrogens with zero attached hydrogens (tertiary/aromatic N) is 3. The lowest BCUT2D eigenvalue weighted by molar-refractivity contribution is 0.0960. The topological polar surface area (TPSA) is 99.6 Å². The predicted octanol–water partition coefficient (Wildman–Crippen LogP) is 3.72. The van der Waals surface area contributed by atoms with E-state index in [1.165, 1.54) is 11.1 Å². The molecular formula is C28H31N5O3S. The number of carbonyl (C=O) groups is 1. The van der Waals surface area contributed by atoms with Crippen LogP contribution in [0.5, 0.6) is 5.75 Å². The van der Waals surface area contributed by atoms with Crippen LogP contribution in [0.2, 0.25) is 0 Å². The van der Waals surface area contributed by atoms with E-state index in [1.807, 2.05) is 6.07 Å². The number of aliphatic hydroxyl groups excluding tert-OH is 1. The Morgan fingerprint density at radius 1 is 1.16 bits per heavy atom. The Morgan fingerprint density at radius 3 is 2.76 bits per heavy atom. The third-order valence-electron chi connectivity index (χ3n) is 6.64. The summed E-state index contributed by atoms with van der Waals surface area (Å²) in [6.07, 6.45) is 2.92. The van der Waals surface area contributed by atoms with E-state index in [-0.39, 0.29) is 12.5 Å². The fraction of sp³-hybridized carbons (Fsp3) is 0.321. The van der Waals surface area contributed by atoms with Crippen molar-refractivity contribution in [3.05, 3.63) is 71.9 Å². The van der Waals surface area contributed by atoms with Crippen molar-refractivity contribution >= 4 is 33.3 Å². The number of rotatable bonds is 9. The van der Waals surface area contributed by atoms with Crippen LogP contribution in [0, 0.1) is 0 Å². The van der Waals surface area contributed by atoms with Crippen LogP contribution in [0.1, 0.15) is 23.2 Å². The van der Waals surface area contributed by atoms with E-state index in [0.29, 0.717) is 23.9 Å². The first-order valence-corrected chi connectivity index (χ1v) is 13.4. The highest BCUT2D eigenvalue weighted by atomic mass is 32.1. The summed E-state index contributed by atoms with van der Waals surface area (Å²) < 4.78 is 5.71. The molecule has 1 unspecified atom stereocenters. The summed E-state index contributed by atoms with van der Waals surface area (Å²) in [6, 6.07) is 17.7. The van der Waals surface area contributed by atoms with E-state index >= 15 is 0 Å². The maximum atomic E-state index is 11.8. The Balaban J connectivity index is 1.14. The molecule has 8 nitrogen and oxygen atoms in total. The van der Waals surface area contributed by atoms with Crippen molar-refractivity contribution in [2.24, 2.45) is 0 Å². The fourth-order valence-electron chi connectivity index (χ4n) is 4.65. The van der Waals surface area contributed by atoms with Gasteiger partial charge in [0, 0.05) is 49.2 Å². The summed E-state index contributed by atoms with van der Waals surface area (Å²) in [4.78, 5) is 24.3. The third-order valence-corrected chi connectivity index (χ3v) is 7.52. The largest absolute Gasteiger partial charge is 0.491 e. The number of aromatic nitrogens is 2. The van der Waals surface area contributed by atoms with E-state index in [0.717, 1.165) is 42.0 Å². The Bertz CT molecular complexity index is 1340. The molecular weight excluding hydrogens is 486 g/mol. The minimum absolute atomic E-state index is 0.155. The molecule has 9 heteroatoms. The third kappa shape index (κ3) is 5.90. The van der Waals surface area contributed by atoms with Gasteiger partial charge in [-0.1, -0.05) is 36.4 Å². The first-order chi connectivity index (χ1) is 18.1. The Labute approximate surface area is 220 Å². The molecule has 0 bridgehead atoms. The molecule has 0 spiro atoms. The Hall–Kier alpha value is -3.53. The molecule has 0 saturated carbocycles. The number of hydrogen-bond acceptors (Lipinski definition) is 8. The number of anilines is 1. The molecule has 1 atom stereocenters. The zero-order valence-electron chi connectivity index (χ0n) is 20.8. The van der Waals surface area contributed by atoms with Gasteiger partial charge < -0.3 is 25.4 Å². The van der Waals surface area contributed by atoms with Crippen molar-refractivity contribution in [2.45, 2.75) is 25.0 Å². The minimum Gasteiger partial charge on any atom is -0.491 e. The number of aliphatic hydroxyl groups is 1. The second kappa shape index (κ2) is 11.7. The molecule has 4 aromatic rings. The van der Waals surface area contributed by atoms with Gasteiger partial charge in [0.2, 0.25) is 0 Å². The van der Waals surface area contributed by atoms with Gasteiger partial charge in [-0.25, -0.2) is 9.97 Å². The van der Waals surface area contributed by atoms with Gasteiger partial charge in [-0.2, -0.15) is 0 Å². The Morgan fingerprint density at radius 2 is 1.97 bits per heavy atom. The van der Waals surface area contributed by atoms with Crippen molar-refractivity contribution in [1.29, 1.82) is 0 Å². The predicted molar refractivity (Wildman–Crippen MR) is 147 cm³/mol. The lowest BCUT2D eigenvalue weighted by atomic mass is 10.0. The standard InChI is InChI=1S/C28H31N5O3S/c1-29-27(35)20-8-5-9-23(14-20)36-16-22(34)15-30-21-10-12-33(13-11-21)26-25-24(19-6-3-2-4-7-19)17-37-28(25)32-18-31-26/h2-9,14,17-18,21-22,30,34H,10-13,15-16H2,1H3,(H,29,35). The molecule has 1 amide bonds. The smallest absolute Gasteiger partial charge is 0.251 e. The molecule has 2 aromatic heterocycles. The maximum absolute atomic E-state index is 11.8. The van der Waals surface area contributed by atoms with Crippen molar-refractivity contribution in [2.75, 3.05) is 38.2 Å². The second-order valence-corrected chi connectivity index (χ2v) is 9.99. The molecule has 1 aliphatic rings. The van der Waals surface area contributed by atoms with Crippen LogP contribution in [0.15, 0.2) is 66.3 Å². The van der Waals surface area contributed by atoms with Crippen LogP contribution in [0.4, 0.5) is 5.82 Å². The zero-order valence-corrected chi connectivity index (χ0v) is 21.6. The summed E-state index contributed by atoms with van der Waals surface area (Å²) in [5, 5.41) is 19.8. The number of benzene rings is 2. The molecule has 5 rings (SSSR count). The molecule has 1 saturated heterocycles. The van der Waals surface area contributed by atoms with E-state index in [4.69, 9.17) is 4.74 Å². The number of amides is 1. The summed E-state index contributed by atoms with van der Waals surface area (Å²) in [6.45, 7) is 2.36. The van der Waals surface area contributed by atoms with Crippen LogP contribution < -0.4 is 20.3 Å². The van der Waals surface area contributed by atoms with Crippen LogP contribution in [-0.4, -0.2) is 66.4 Å². The summed E-state index contributed by atoms with van der Waals surface area (Å²) in [5.74, 6) is 1.39. The molecule has 3 heterocycles. The van der Waals surface area contributed by atoms with E-state index in [9.17, 15) is 9.90 Å². The van der Waals surface area contributed by atoms with Gasteiger partial charge in [0.1, 0.15) is 35.4 Å². The summed E-state index contributed by atoms with van der Waals surface area (Å²) in [7, 11) is 1.59. The van der Waals surface area contributed by atoms with Crippen molar-refractivity contribution < 1.29 is 14.6 Å². The zero-order chi connectivity index (χ0) is 25.6. The average molecular weight is 518 g/mol. The number of piperidine rings is 1. The second-order valence-electron chi connectivity index (χ2n) is 9.13. The van der Waals surface area contributed by atoms with Gasteiger partial charge in [0.15, 0.2) is 0 Å². The molecule has 3 N–H and O–H groups in total.